The number of nitrogens with zero attached hydrogens (tertiary/aromatic N) is 2. The summed E-state index contributed by atoms with van der Waals surface area (Å²) in [6.07, 6.45) is 0. The van der Waals surface area contributed by atoms with Crippen LogP contribution in [0, 0.1) is 0 Å². The molecule has 1 unspecified atom stereocenters. The zero-order valence-corrected chi connectivity index (χ0v) is 17.4. The van der Waals surface area contributed by atoms with Crippen LogP contribution >= 0.6 is 0 Å². The Morgan fingerprint density at radius 2 is 1.63 bits per heavy atom. The number of rotatable bonds is 8. The molecular weight excluding hydrogens is 343 g/mol. The van der Waals surface area contributed by atoms with Crippen molar-refractivity contribution in [3.8, 4) is 0 Å². The maximum Gasteiger partial charge on any atom is 0.491 e. The Morgan fingerprint density at radius 1 is 1.07 bits per heavy atom. The number of β-amino-alcohol motifs (C(OH)–C–C–N with tert-alkyl or cyclic N) is 1. The van der Waals surface area contributed by atoms with Gasteiger partial charge in [-0.25, -0.2) is 0 Å². The van der Waals surface area contributed by atoms with Gasteiger partial charge in [0.25, 0.3) is 0 Å². The third-order valence-electron chi connectivity index (χ3n) is 5.95. The van der Waals surface area contributed by atoms with Gasteiger partial charge in [-0.2, -0.15) is 0 Å². The predicted octanol–water partition coefficient (Wildman–Crippen LogP) is 0.611. The SMILES string of the molecule is CC(c1ccc(B(O)OC(C)(C)C(C)(C)O)cc1)N1CCN(CCO)CC1. The van der Waals surface area contributed by atoms with Crippen LogP contribution in [0.2, 0.25) is 0 Å². The molecule has 7 heteroatoms. The lowest BCUT2D eigenvalue weighted by Gasteiger charge is -2.38. The maximum absolute atomic E-state index is 10.4. The third kappa shape index (κ3) is 5.76. The second kappa shape index (κ2) is 9.03. The van der Waals surface area contributed by atoms with Gasteiger partial charge in [0.05, 0.1) is 17.8 Å². The van der Waals surface area contributed by atoms with E-state index in [1.807, 2.05) is 24.3 Å². The molecule has 1 aliphatic heterocycles. The number of hydrogen-bond acceptors (Lipinski definition) is 6. The van der Waals surface area contributed by atoms with Crippen molar-refractivity contribution in [3.05, 3.63) is 29.8 Å². The lowest BCUT2D eigenvalue weighted by molar-refractivity contribution is -0.0982. The molecule has 0 bridgehead atoms. The van der Waals surface area contributed by atoms with Gasteiger partial charge in [-0.05, 0) is 45.6 Å². The van der Waals surface area contributed by atoms with E-state index in [0.717, 1.165) is 32.7 Å². The van der Waals surface area contributed by atoms with Crippen LogP contribution in [0.15, 0.2) is 24.3 Å². The van der Waals surface area contributed by atoms with Crippen LogP contribution in [-0.2, 0) is 4.65 Å². The van der Waals surface area contributed by atoms with Gasteiger partial charge >= 0.3 is 7.12 Å². The van der Waals surface area contributed by atoms with E-state index in [2.05, 4.69) is 16.7 Å². The predicted molar refractivity (Wildman–Crippen MR) is 109 cm³/mol. The average Bonchev–Trinajstić information content (AvgIpc) is 2.61. The summed E-state index contributed by atoms with van der Waals surface area (Å²) in [5, 5.41) is 29.7. The summed E-state index contributed by atoms with van der Waals surface area (Å²) in [6, 6.07) is 8.13. The molecule has 0 aromatic heterocycles. The molecule has 1 atom stereocenters. The van der Waals surface area contributed by atoms with Gasteiger partial charge in [-0.15, -0.1) is 0 Å². The Morgan fingerprint density at radius 3 is 2.11 bits per heavy atom. The van der Waals surface area contributed by atoms with Gasteiger partial charge < -0.3 is 19.9 Å². The molecule has 0 aliphatic carbocycles. The van der Waals surface area contributed by atoms with Gasteiger partial charge in [0, 0.05) is 38.8 Å². The second-order valence-corrected chi connectivity index (χ2v) is 8.48. The van der Waals surface area contributed by atoms with Crippen molar-refractivity contribution < 1.29 is 19.9 Å². The number of hydrogen-bond donors (Lipinski definition) is 3. The van der Waals surface area contributed by atoms with Crippen molar-refractivity contribution in [1.29, 1.82) is 0 Å². The summed E-state index contributed by atoms with van der Waals surface area (Å²) in [5.41, 5.74) is -0.0768. The van der Waals surface area contributed by atoms with Gasteiger partial charge in [0.15, 0.2) is 0 Å². The smallest absolute Gasteiger partial charge is 0.423 e. The maximum atomic E-state index is 10.4. The summed E-state index contributed by atoms with van der Waals surface area (Å²) >= 11 is 0. The van der Waals surface area contributed by atoms with E-state index in [9.17, 15) is 10.1 Å². The first-order valence-electron chi connectivity index (χ1n) is 9.80. The van der Waals surface area contributed by atoms with E-state index in [1.54, 1.807) is 27.7 Å². The van der Waals surface area contributed by atoms with E-state index in [0.29, 0.717) is 11.5 Å². The summed E-state index contributed by atoms with van der Waals surface area (Å²) in [7, 11) is -1.09. The van der Waals surface area contributed by atoms with Crippen molar-refractivity contribution in [2.45, 2.75) is 51.9 Å². The largest absolute Gasteiger partial charge is 0.491 e. The minimum absolute atomic E-state index is 0.214. The zero-order valence-electron chi connectivity index (χ0n) is 17.4. The third-order valence-corrected chi connectivity index (χ3v) is 5.95. The quantitative estimate of drug-likeness (QED) is 0.576. The van der Waals surface area contributed by atoms with Gasteiger partial charge in [-0.1, -0.05) is 24.3 Å². The molecule has 27 heavy (non-hydrogen) atoms. The van der Waals surface area contributed by atoms with Gasteiger partial charge in [0.2, 0.25) is 0 Å². The molecule has 0 saturated carbocycles. The lowest BCUT2D eigenvalue weighted by atomic mass is 9.76. The standard InChI is InChI=1S/C20H35BN2O4/c1-16(23-12-10-22(11-13-23)14-15-24)17-6-8-18(9-7-17)21(26)27-20(4,5)19(2,3)25/h6-9,16,24-26H,10-15H2,1-5H3. The summed E-state index contributed by atoms with van der Waals surface area (Å²) in [5.74, 6) is 0. The lowest BCUT2D eigenvalue weighted by Crippen LogP contribution is -2.53. The molecule has 2 rings (SSSR count). The first-order chi connectivity index (χ1) is 12.5. The molecular formula is C20H35BN2O4. The van der Waals surface area contributed by atoms with Crippen molar-refractivity contribution in [1.82, 2.24) is 9.80 Å². The molecule has 1 aromatic rings. The second-order valence-electron chi connectivity index (χ2n) is 8.48. The average molecular weight is 378 g/mol. The Hall–Kier alpha value is -0.955. The minimum atomic E-state index is -1.09. The molecule has 152 valence electrons. The molecule has 1 aromatic carbocycles. The fraction of sp³-hybridized carbons (Fsp3) is 0.700. The Kier molecular flexibility index (Phi) is 7.47. The number of benzene rings is 1. The van der Waals surface area contributed by atoms with Crippen LogP contribution in [0.1, 0.15) is 46.2 Å². The normalized spacial score (nSPS) is 18.5. The molecule has 0 radical (unpaired) electrons. The molecule has 1 saturated heterocycles. The van der Waals surface area contributed by atoms with Crippen LogP contribution in [0.4, 0.5) is 0 Å². The first kappa shape index (κ1) is 22.3. The van der Waals surface area contributed by atoms with Crippen LogP contribution in [0.5, 0.6) is 0 Å². The summed E-state index contributed by atoms with van der Waals surface area (Å²) in [4.78, 5) is 4.72. The molecule has 1 aliphatic rings. The molecule has 0 amide bonds. The van der Waals surface area contributed by atoms with E-state index >= 15 is 0 Å². The van der Waals surface area contributed by atoms with E-state index < -0.39 is 18.3 Å². The highest BCUT2D eigenvalue weighted by Gasteiger charge is 2.39. The Bertz CT molecular complexity index is 581. The summed E-state index contributed by atoms with van der Waals surface area (Å²) < 4.78 is 5.71. The first-order valence-corrected chi connectivity index (χ1v) is 9.80. The van der Waals surface area contributed by atoms with Crippen molar-refractivity contribution in [2.75, 3.05) is 39.3 Å². The van der Waals surface area contributed by atoms with Crippen LogP contribution in [0.25, 0.3) is 0 Å². The number of piperazine rings is 1. The van der Waals surface area contributed by atoms with Crippen LogP contribution < -0.4 is 5.46 Å². The number of aliphatic hydroxyl groups excluding tert-OH is 1. The zero-order chi connectivity index (χ0) is 20.2. The van der Waals surface area contributed by atoms with E-state index in [-0.39, 0.29) is 6.61 Å². The van der Waals surface area contributed by atoms with Crippen LogP contribution in [0.3, 0.4) is 0 Å². The number of aliphatic hydroxyl groups is 2. The highest BCUT2D eigenvalue weighted by molar-refractivity contribution is 6.60. The summed E-state index contributed by atoms with van der Waals surface area (Å²) in [6.45, 7) is 13.9. The van der Waals surface area contributed by atoms with E-state index in [4.69, 9.17) is 9.76 Å². The monoisotopic (exact) mass is 378 g/mol. The molecule has 3 N–H and O–H groups in total. The topological polar surface area (TPSA) is 76.4 Å². The highest BCUT2D eigenvalue weighted by atomic mass is 16.5. The van der Waals surface area contributed by atoms with Gasteiger partial charge in [0.1, 0.15) is 0 Å². The Balaban J connectivity index is 1.96. The fourth-order valence-corrected chi connectivity index (χ4v) is 3.16. The minimum Gasteiger partial charge on any atom is -0.423 e. The van der Waals surface area contributed by atoms with Crippen molar-refractivity contribution >= 4 is 12.6 Å². The molecule has 1 fully saturated rings. The van der Waals surface area contributed by atoms with E-state index in [1.165, 1.54) is 5.56 Å². The molecule has 1 heterocycles. The van der Waals surface area contributed by atoms with Crippen molar-refractivity contribution in [2.24, 2.45) is 0 Å². The highest BCUT2D eigenvalue weighted by Crippen LogP contribution is 2.25. The van der Waals surface area contributed by atoms with Crippen molar-refractivity contribution in [3.63, 3.8) is 0 Å². The Labute approximate surface area is 163 Å². The van der Waals surface area contributed by atoms with Crippen LogP contribution in [-0.4, -0.2) is 82.7 Å². The fourth-order valence-electron chi connectivity index (χ4n) is 3.16. The van der Waals surface area contributed by atoms with Gasteiger partial charge in [-0.3, -0.25) is 9.80 Å². The molecule has 0 spiro atoms. The molecule has 6 nitrogen and oxygen atoms in total.